The maximum absolute atomic E-state index is 12.4. The molecule has 1 saturated heterocycles. The molecule has 5 nitrogen and oxygen atoms in total. The second-order valence-corrected chi connectivity index (χ2v) is 4.68. The number of carbonyl (C=O) groups is 1. The van der Waals surface area contributed by atoms with Gasteiger partial charge in [-0.1, -0.05) is 18.2 Å². The van der Waals surface area contributed by atoms with E-state index in [-0.39, 0.29) is 18.8 Å². The van der Waals surface area contributed by atoms with Gasteiger partial charge in [-0.3, -0.25) is 9.69 Å². The van der Waals surface area contributed by atoms with Crippen molar-refractivity contribution in [2.24, 2.45) is 0 Å². The Morgan fingerprint density at radius 2 is 2.14 bits per heavy atom. The van der Waals surface area contributed by atoms with Crippen molar-refractivity contribution in [3.05, 3.63) is 29.8 Å². The first kappa shape index (κ1) is 15.6. The third-order valence-corrected chi connectivity index (χ3v) is 3.21. The van der Waals surface area contributed by atoms with E-state index in [9.17, 15) is 18.0 Å². The zero-order valence-electron chi connectivity index (χ0n) is 11.1. The molecule has 1 atom stereocenters. The molecule has 1 aromatic carbocycles. The Labute approximate surface area is 119 Å². The lowest BCUT2D eigenvalue weighted by Crippen LogP contribution is -2.54. The third-order valence-electron chi connectivity index (χ3n) is 3.21. The molecule has 2 N–H and O–H groups in total. The highest BCUT2D eigenvalue weighted by Crippen LogP contribution is 2.27. The fraction of sp³-hybridized carbons (Fsp3) is 0.462. The zero-order valence-corrected chi connectivity index (χ0v) is 11.1. The highest BCUT2D eigenvalue weighted by Gasteiger charge is 2.33. The lowest BCUT2D eigenvalue weighted by molar-refractivity contribution is -0.275. The van der Waals surface area contributed by atoms with Crippen molar-refractivity contribution in [2.45, 2.75) is 18.9 Å². The molecule has 2 rings (SSSR count). The number of hydrogen-bond donors (Lipinski definition) is 2. The van der Waals surface area contributed by atoms with Crippen LogP contribution in [0.4, 0.5) is 13.2 Å². The Hall–Kier alpha value is -1.80. The largest absolute Gasteiger partial charge is 0.573 e. The summed E-state index contributed by atoms with van der Waals surface area (Å²) in [7, 11) is 0. The Morgan fingerprint density at radius 3 is 2.81 bits per heavy atom. The summed E-state index contributed by atoms with van der Waals surface area (Å²) in [6, 6.07) is 4.99. The standard InChI is InChI=1S/C13H15F3N2O3/c14-13(15,16)21-11-4-2-1-3-9(11)8-18-6-5-17-7-10(18)12(19)20/h1-4,10,17H,5-8H2,(H,19,20). The molecule has 0 bridgehead atoms. The number of carboxylic acids is 1. The number of ether oxygens (including phenoxy) is 1. The molecule has 0 aromatic heterocycles. The van der Waals surface area contributed by atoms with Gasteiger partial charge < -0.3 is 15.2 Å². The number of halogens is 3. The van der Waals surface area contributed by atoms with Gasteiger partial charge in [0.2, 0.25) is 0 Å². The molecule has 0 saturated carbocycles. The lowest BCUT2D eigenvalue weighted by atomic mass is 10.1. The summed E-state index contributed by atoms with van der Waals surface area (Å²) in [5.41, 5.74) is 0.308. The number of benzene rings is 1. The van der Waals surface area contributed by atoms with Gasteiger partial charge in [0.1, 0.15) is 11.8 Å². The molecule has 116 valence electrons. The minimum absolute atomic E-state index is 0.0882. The van der Waals surface area contributed by atoms with Gasteiger partial charge in [0.05, 0.1) is 0 Å². The normalized spacial score (nSPS) is 20.2. The quantitative estimate of drug-likeness (QED) is 0.881. The number of hydrogen-bond acceptors (Lipinski definition) is 4. The van der Waals surface area contributed by atoms with Gasteiger partial charge in [0, 0.05) is 31.7 Å². The summed E-state index contributed by atoms with van der Waals surface area (Å²) >= 11 is 0. The number of nitrogens with one attached hydrogen (secondary N) is 1. The van der Waals surface area contributed by atoms with Crippen molar-refractivity contribution >= 4 is 5.97 Å². The first-order valence-corrected chi connectivity index (χ1v) is 6.38. The van der Waals surface area contributed by atoms with E-state index in [4.69, 9.17) is 5.11 Å². The van der Waals surface area contributed by atoms with E-state index in [2.05, 4.69) is 10.1 Å². The molecule has 0 radical (unpaired) electrons. The van der Waals surface area contributed by atoms with Crippen LogP contribution in [0.25, 0.3) is 0 Å². The highest BCUT2D eigenvalue weighted by atomic mass is 19.4. The van der Waals surface area contributed by atoms with Crippen LogP contribution in [0, 0.1) is 0 Å². The number of nitrogens with zero attached hydrogens (tertiary/aromatic N) is 1. The fourth-order valence-corrected chi connectivity index (χ4v) is 2.26. The van der Waals surface area contributed by atoms with Gasteiger partial charge >= 0.3 is 12.3 Å². The predicted octanol–water partition coefficient (Wildman–Crippen LogP) is 1.44. The van der Waals surface area contributed by atoms with Gasteiger partial charge in [-0.05, 0) is 6.07 Å². The monoisotopic (exact) mass is 304 g/mol. The van der Waals surface area contributed by atoms with Gasteiger partial charge in [-0.25, -0.2) is 0 Å². The molecule has 1 aromatic rings. The van der Waals surface area contributed by atoms with Crippen LogP contribution in [-0.2, 0) is 11.3 Å². The molecule has 0 amide bonds. The van der Waals surface area contributed by atoms with Crippen molar-refractivity contribution < 1.29 is 27.8 Å². The second-order valence-electron chi connectivity index (χ2n) is 4.68. The van der Waals surface area contributed by atoms with Gasteiger partial charge in [-0.15, -0.1) is 13.2 Å². The predicted molar refractivity (Wildman–Crippen MR) is 67.8 cm³/mol. The molecule has 1 heterocycles. The number of carboxylic acid groups (broad SMARTS) is 1. The SMILES string of the molecule is O=C(O)C1CNCCN1Cc1ccccc1OC(F)(F)F. The topological polar surface area (TPSA) is 61.8 Å². The summed E-state index contributed by atoms with van der Waals surface area (Å²) in [6.45, 7) is 1.38. The molecule has 8 heteroatoms. The van der Waals surface area contributed by atoms with Gasteiger partial charge in [-0.2, -0.15) is 0 Å². The minimum atomic E-state index is -4.77. The lowest BCUT2D eigenvalue weighted by Gasteiger charge is -2.33. The third kappa shape index (κ3) is 4.33. The first-order chi connectivity index (χ1) is 9.87. The van der Waals surface area contributed by atoms with Crippen LogP contribution in [0.15, 0.2) is 24.3 Å². The highest BCUT2D eigenvalue weighted by molar-refractivity contribution is 5.74. The van der Waals surface area contributed by atoms with Gasteiger partial charge in [0.25, 0.3) is 0 Å². The second kappa shape index (κ2) is 6.31. The Morgan fingerprint density at radius 1 is 1.43 bits per heavy atom. The van der Waals surface area contributed by atoms with Crippen LogP contribution >= 0.6 is 0 Å². The van der Waals surface area contributed by atoms with Crippen LogP contribution < -0.4 is 10.1 Å². The Kier molecular flexibility index (Phi) is 4.69. The van der Waals surface area contributed by atoms with Crippen molar-refractivity contribution in [2.75, 3.05) is 19.6 Å². The maximum Gasteiger partial charge on any atom is 0.573 e. The van der Waals surface area contributed by atoms with Crippen LogP contribution in [0.5, 0.6) is 5.75 Å². The first-order valence-electron chi connectivity index (χ1n) is 6.38. The molecule has 1 unspecified atom stereocenters. The number of para-hydroxylation sites is 1. The zero-order chi connectivity index (χ0) is 15.5. The molecule has 1 fully saturated rings. The Bertz CT molecular complexity index is 508. The smallest absolute Gasteiger partial charge is 0.480 e. The number of aliphatic carboxylic acids is 1. The summed E-state index contributed by atoms with van der Waals surface area (Å²) in [5.74, 6) is -1.30. The molecule has 1 aliphatic rings. The molecule has 1 aliphatic heterocycles. The number of rotatable bonds is 4. The average molecular weight is 304 g/mol. The Balaban J connectivity index is 2.16. The van der Waals surface area contributed by atoms with Crippen LogP contribution in [0.3, 0.4) is 0 Å². The van der Waals surface area contributed by atoms with Crippen LogP contribution in [0.2, 0.25) is 0 Å². The summed E-state index contributed by atoms with van der Waals surface area (Å²) in [5, 5.41) is 12.1. The van der Waals surface area contributed by atoms with E-state index in [1.54, 1.807) is 11.0 Å². The molecule has 0 aliphatic carbocycles. The van der Waals surface area contributed by atoms with Crippen molar-refractivity contribution in [1.82, 2.24) is 10.2 Å². The van der Waals surface area contributed by atoms with E-state index in [1.807, 2.05) is 0 Å². The van der Waals surface area contributed by atoms with Crippen LogP contribution in [-0.4, -0.2) is 48.0 Å². The minimum Gasteiger partial charge on any atom is -0.480 e. The maximum atomic E-state index is 12.4. The molecular formula is C13H15F3N2O3. The van der Waals surface area contributed by atoms with Crippen molar-refractivity contribution in [3.8, 4) is 5.75 Å². The molecular weight excluding hydrogens is 289 g/mol. The fourth-order valence-electron chi connectivity index (χ4n) is 2.26. The van der Waals surface area contributed by atoms with E-state index in [0.29, 0.717) is 18.7 Å². The van der Waals surface area contributed by atoms with E-state index >= 15 is 0 Å². The number of piperazine rings is 1. The van der Waals surface area contributed by atoms with Crippen molar-refractivity contribution in [1.29, 1.82) is 0 Å². The van der Waals surface area contributed by atoms with Crippen LogP contribution in [0.1, 0.15) is 5.56 Å². The van der Waals surface area contributed by atoms with E-state index < -0.39 is 18.4 Å². The summed E-state index contributed by atoms with van der Waals surface area (Å²) in [4.78, 5) is 12.8. The van der Waals surface area contributed by atoms with Gasteiger partial charge in [0.15, 0.2) is 0 Å². The average Bonchev–Trinajstić information content (AvgIpc) is 2.40. The van der Waals surface area contributed by atoms with Crippen molar-refractivity contribution in [3.63, 3.8) is 0 Å². The van der Waals surface area contributed by atoms with E-state index in [1.165, 1.54) is 18.2 Å². The van der Waals surface area contributed by atoms with E-state index in [0.717, 1.165) is 0 Å². The summed E-state index contributed by atoms with van der Waals surface area (Å²) < 4.78 is 41.1. The molecule has 0 spiro atoms. The summed E-state index contributed by atoms with van der Waals surface area (Å²) in [6.07, 6.45) is -4.77. The molecule has 21 heavy (non-hydrogen) atoms. The number of alkyl halides is 3.